The number of hydrogen-bond donors (Lipinski definition) is 0. The highest BCUT2D eigenvalue weighted by Crippen LogP contribution is 2.27. The Morgan fingerprint density at radius 1 is 1.17 bits per heavy atom. The van der Waals surface area contributed by atoms with Crippen LogP contribution in [-0.4, -0.2) is 12.3 Å². The second-order valence-electron chi connectivity index (χ2n) is 4.13. The molecule has 1 aliphatic rings. The van der Waals surface area contributed by atoms with Crippen molar-refractivity contribution >= 4 is 5.71 Å². The van der Waals surface area contributed by atoms with E-state index >= 15 is 0 Å². The fourth-order valence-corrected chi connectivity index (χ4v) is 1.77. The van der Waals surface area contributed by atoms with Crippen molar-refractivity contribution < 1.29 is 0 Å². The Morgan fingerprint density at radius 3 is 2.08 bits per heavy atom. The van der Waals surface area contributed by atoms with Crippen LogP contribution in [0.1, 0.15) is 34.6 Å². The smallest absolute Gasteiger partial charge is 0.0606 e. The third-order valence-electron chi connectivity index (χ3n) is 2.86. The number of allylic oxidation sites excluding steroid dienone is 1. The van der Waals surface area contributed by atoms with Gasteiger partial charge in [0.2, 0.25) is 0 Å². The molecule has 0 N–H and O–H groups in total. The molecule has 0 aromatic heterocycles. The first-order valence-electron chi connectivity index (χ1n) is 4.75. The van der Waals surface area contributed by atoms with E-state index in [2.05, 4.69) is 39.6 Å². The Bertz CT molecular complexity index is 233. The molecule has 0 aromatic carbocycles. The highest BCUT2D eigenvalue weighted by molar-refractivity contribution is 6.01. The number of nitrogens with zero attached hydrogens (tertiary/aromatic N) is 1. The van der Waals surface area contributed by atoms with Gasteiger partial charge in [-0.05, 0) is 36.8 Å². The molecular formula is C11H19N. The zero-order chi connectivity index (χ0) is 9.30. The van der Waals surface area contributed by atoms with Crippen LogP contribution in [0.15, 0.2) is 16.1 Å². The zero-order valence-corrected chi connectivity index (χ0v) is 8.81. The molecule has 1 heteroatoms. The van der Waals surface area contributed by atoms with Crippen molar-refractivity contribution in [2.75, 3.05) is 6.54 Å². The highest BCUT2D eigenvalue weighted by atomic mass is 14.8. The van der Waals surface area contributed by atoms with E-state index in [4.69, 9.17) is 0 Å². The maximum atomic E-state index is 4.44. The predicted octanol–water partition coefficient (Wildman–Crippen LogP) is 3.07. The molecular weight excluding hydrogens is 146 g/mol. The van der Waals surface area contributed by atoms with Crippen LogP contribution in [0, 0.1) is 11.8 Å². The lowest BCUT2D eigenvalue weighted by molar-refractivity contribution is 0.491. The minimum absolute atomic E-state index is 0.663. The first kappa shape index (κ1) is 9.50. The number of hydrogen-bond acceptors (Lipinski definition) is 1. The zero-order valence-electron chi connectivity index (χ0n) is 8.81. The quantitative estimate of drug-likeness (QED) is 0.596. The summed E-state index contributed by atoms with van der Waals surface area (Å²) in [6.45, 7) is 12.1. The lowest BCUT2D eigenvalue weighted by atomic mass is 9.86. The van der Waals surface area contributed by atoms with Crippen LogP contribution in [0.2, 0.25) is 0 Å². The van der Waals surface area contributed by atoms with Crippen LogP contribution in [-0.2, 0) is 0 Å². The van der Waals surface area contributed by atoms with Crippen molar-refractivity contribution in [1.29, 1.82) is 0 Å². The summed E-state index contributed by atoms with van der Waals surface area (Å²) >= 11 is 0. The van der Waals surface area contributed by atoms with Crippen LogP contribution in [0.25, 0.3) is 0 Å². The van der Waals surface area contributed by atoms with Gasteiger partial charge in [-0.2, -0.15) is 0 Å². The minimum Gasteiger partial charge on any atom is -0.285 e. The van der Waals surface area contributed by atoms with Crippen LogP contribution >= 0.6 is 0 Å². The molecule has 0 amide bonds. The lowest BCUT2D eigenvalue weighted by Gasteiger charge is -2.18. The highest BCUT2D eigenvalue weighted by Gasteiger charge is 2.20. The molecule has 0 spiro atoms. The third kappa shape index (κ3) is 1.60. The molecule has 1 rings (SSSR count). The van der Waals surface area contributed by atoms with E-state index in [1.165, 1.54) is 16.9 Å². The monoisotopic (exact) mass is 165 g/mol. The van der Waals surface area contributed by atoms with Gasteiger partial charge in [0, 0.05) is 5.71 Å². The second kappa shape index (κ2) is 3.42. The molecule has 1 atom stereocenters. The SMILES string of the molecule is CC1=NCC(C)=C1C(C)C(C)C. The molecule has 0 saturated carbocycles. The molecule has 1 unspecified atom stereocenters. The first-order valence-corrected chi connectivity index (χ1v) is 4.75. The number of aliphatic imine (C=N–C) groups is 1. The van der Waals surface area contributed by atoms with Crippen molar-refractivity contribution in [3.63, 3.8) is 0 Å². The fourth-order valence-electron chi connectivity index (χ4n) is 1.77. The summed E-state index contributed by atoms with van der Waals surface area (Å²) in [6.07, 6.45) is 0. The van der Waals surface area contributed by atoms with E-state index in [0.29, 0.717) is 5.92 Å². The average Bonchev–Trinajstić information content (AvgIpc) is 2.30. The van der Waals surface area contributed by atoms with Crippen LogP contribution in [0.4, 0.5) is 0 Å². The topological polar surface area (TPSA) is 12.4 Å². The van der Waals surface area contributed by atoms with Gasteiger partial charge in [0.25, 0.3) is 0 Å². The number of rotatable bonds is 2. The van der Waals surface area contributed by atoms with Gasteiger partial charge in [-0.1, -0.05) is 20.8 Å². The van der Waals surface area contributed by atoms with Crippen molar-refractivity contribution in [3.8, 4) is 0 Å². The van der Waals surface area contributed by atoms with Gasteiger partial charge in [-0.3, -0.25) is 4.99 Å². The van der Waals surface area contributed by atoms with Gasteiger partial charge in [-0.25, -0.2) is 0 Å². The van der Waals surface area contributed by atoms with Crippen molar-refractivity contribution in [2.24, 2.45) is 16.8 Å². The molecule has 0 bridgehead atoms. The predicted molar refractivity (Wildman–Crippen MR) is 54.7 cm³/mol. The Hall–Kier alpha value is -0.590. The van der Waals surface area contributed by atoms with E-state index in [9.17, 15) is 0 Å². The molecule has 1 heterocycles. The van der Waals surface area contributed by atoms with E-state index < -0.39 is 0 Å². The van der Waals surface area contributed by atoms with Crippen LogP contribution < -0.4 is 0 Å². The first-order chi connectivity index (χ1) is 5.54. The van der Waals surface area contributed by atoms with Crippen molar-refractivity contribution in [2.45, 2.75) is 34.6 Å². The fraction of sp³-hybridized carbons (Fsp3) is 0.727. The summed E-state index contributed by atoms with van der Waals surface area (Å²) in [6, 6.07) is 0. The summed E-state index contributed by atoms with van der Waals surface area (Å²) in [5.41, 5.74) is 4.23. The summed E-state index contributed by atoms with van der Waals surface area (Å²) in [7, 11) is 0. The normalized spacial score (nSPS) is 20.3. The molecule has 0 aromatic rings. The standard InChI is InChI=1S/C11H19N/c1-7(2)9(4)11-8(3)6-12-10(11)5/h7,9H,6H2,1-5H3. The molecule has 0 fully saturated rings. The van der Waals surface area contributed by atoms with Gasteiger partial charge in [0.15, 0.2) is 0 Å². The summed E-state index contributed by atoms with van der Waals surface area (Å²) < 4.78 is 0. The average molecular weight is 165 g/mol. The van der Waals surface area contributed by atoms with E-state index in [1.807, 2.05) is 0 Å². The van der Waals surface area contributed by atoms with Gasteiger partial charge in [-0.15, -0.1) is 0 Å². The summed E-state index contributed by atoms with van der Waals surface area (Å²) in [5, 5.41) is 0. The lowest BCUT2D eigenvalue weighted by Crippen LogP contribution is -2.12. The molecule has 68 valence electrons. The Balaban J connectivity index is 2.87. The second-order valence-corrected chi connectivity index (χ2v) is 4.13. The van der Waals surface area contributed by atoms with E-state index in [-0.39, 0.29) is 0 Å². The molecule has 1 aliphatic heterocycles. The third-order valence-corrected chi connectivity index (χ3v) is 2.86. The summed E-state index contributed by atoms with van der Waals surface area (Å²) in [4.78, 5) is 4.44. The maximum absolute atomic E-state index is 4.44. The largest absolute Gasteiger partial charge is 0.285 e. The van der Waals surface area contributed by atoms with Crippen molar-refractivity contribution in [3.05, 3.63) is 11.1 Å². The van der Waals surface area contributed by atoms with Gasteiger partial charge in [0.1, 0.15) is 0 Å². The van der Waals surface area contributed by atoms with E-state index in [0.717, 1.165) is 12.5 Å². The Kier molecular flexibility index (Phi) is 2.71. The Morgan fingerprint density at radius 2 is 1.75 bits per heavy atom. The van der Waals surface area contributed by atoms with Gasteiger partial charge >= 0.3 is 0 Å². The van der Waals surface area contributed by atoms with Crippen LogP contribution in [0.3, 0.4) is 0 Å². The Labute approximate surface area is 75.6 Å². The van der Waals surface area contributed by atoms with Gasteiger partial charge < -0.3 is 0 Å². The van der Waals surface area contributed by atoms with Crippen molar-refractivity contribution in [1.82, 2.24) is 0 Å². The molecule has 12 heavy (non-hydrogen) atoms. The molecule has 0 radical (unpaired) electrons. The maximum Gasteiger partial charge on any atom is 0.0606 e. The van der Waals surface area contributed by atoms with E-state index in [1.54, 1.807) is 0 Å². The van der Waals surface area contributed by atoms with Gasteiger partial charge in [0.05, 0.1) is 6.54 Å². The molecule has 0 saturated heterocycles. The molecule has 0 aliphatic carbocycles. The molecule has 1 nitrogen and oxygen atoms in total. The summed E-state index contributed by atoms with van der Waals surface area (Å²) in [5.74, 6) is 1.38. The van der Waals surface area contributed by atoms with Crippen LogP contribution in [0.5, 0.6) is 0 Å². The minimum atomic E-state index is 0.663.